The normalized spacial score (nSPS) is 13.5. The van der Waals surface area contributed by atoms with Crippen LogP contribution in [0.4, 0.5) is 0 Å². The molecular weight excluding hydrogens is 234 g/mol. The van der Waals surface area contributed by atoms with Gasteiger partial charge in [-0.3, -0.25) is 0 Å². The van der Waals surface area contributed by atoms with Crippen LogP contribution >= 0.6 is 0 Å². The Morgan fingerprint density at radius 2 is 1.63 bits per heavy atom. The van der Waals surface area contributed by atoms with Gasteiger partial charge in [0.2, 0.25) is 0 Å². The van der Waals surface area contributed by atoms with Crippen LogP contribution in [0.25, 0.3) is 0 Å². The third-order valence-corrected chi connectivity index (χ3v) is 3.92. The summed E-state index contributed by atoms with van der Waals surface area (Å²) in [6.45, 7) is 9.99. The van der Waals surface area contributed by atoms with Gasteiger partial charge >= 0.3 is 0 Å². The Morgan fingerprint density at radius 1 is 1.05 bits per heavy atom. The van der Waals surface area contributed by atoms with Crippen molar-refractivity contribution < 1.29 is 5.11 Å². The standard InChI is InChI=1S/C17H29NO/c1-13(2)16-8-6-15(7-9-16)10-11-18(5)17(12-19)14(3)4/h6-9,13-14,17,19H,10-12H2,1-5H3. The molecule has 2 heteroatoms. The van der Waals surface area contributed by atoms with Crippen LogP contribution in [-0.4, -0.2) is 36.2 Å². The Balaban J connectivity index is 2.52. The van der Waals surface area contributed by atoms with Gasteiger partial charge in [0.15, 0.2) is 0 Å². The number of hydrogen-bond donors (Lipinski definition) is 1. The average molecular weight is 263 g/mol. The molecular formula is C17H29NO. The number of rotatable bonds is 7. The van der Waals surface area contributed by atoms with Crippen LogP contribution in [0, 0.1) is 5.92 Å². The predicted molar refractivity (Wildman–Crippen MR) is 82.6 cm³/mol. The molecule has 19 heavy (non-hydrogen) atoms. The summed E-state index contributed by atoms with van der Waals surface area (Å²) in [6.07, 6.45) is 1.04. The Labute approximate surface area is 118 Å². The van der Waals surface area contributed by atoms with E-state index in [0.29, 0.717) is 11.8 Å². The molecule has 1 aromatic carbocycles. The Morgan fingerprint density at radius 3 is 2.05 bits per heavy atom. The molecule has 0 saturated carbocycles. The van der Waals surface area contributed by atoms with Crippen molar-refractivity contribution in [2.75, 3.05) is 20.2 Å². The van der Waals surface area contributed by atoms with Crippen LogP contribution in [0.1, 0.15) is 44.7 Å². The highest BCUT2D eigenvalue weighted by Gasteiger charge is 2.17. The van der Waals surface area contributed by atoms with Gasteiger partial charge in [-0.1, -0.05) is 52.0 Å². The van der Waals surface area contributed by atoms with Crippen molar-refractivity contribution in [3.8, 4) is 0 Å². The van der Waals surface area contributed by atoms with E-state index in [4.69, 9.17) is 0 Å². The lowest BCUT2D eigenvalue weighted by Crippen LogP contribution is -2.39. The molecule has 108 valence electrons. The fourth-order valence-corrected chi connectivity index (χ4v) is 2.40. The Bertz CT molecular complexity index is 356. The van der Waals surface area contributed by atoms with Crippen LogP contribution in [-0.2, 0) is 6.42 Å². The maximum Gasteiger partial charge on any atom is 0.0589 e. The van der Waals surface area contributed by atoms with Gasteiger partial charge in [-0.05, 0) is 36.4 Å². The van der Waals surface area contributed by atoms with E-state index in [1.54, 1.807) is 0 Å². The summed E-state index contributed by atoms with van der Waals surface area (Å²) in [6, 6.07) is 9.17. The van der Waals surface area contributed by atoms with Gasteiger partial charge in [0, 0.05) is 12.6 Å². The molecule has 0 aliphatic heterocycles. The Kier molecular flexibility index (Phi) is 6.53. The zero-order valence-electron chi connectivity index (χ0n) is 13.1. The van der Waals surface area contributed by atoms with E-state index in [-0.39, 0.29) is 12.6 Å². The van der Waals surface area contributed by atoms with Crippen molar-refractivity contribution in [1.82, 2.24) is 4.90 Å². The molecule has 0 saturated heterocycles. The van der Waals surface area contributed by atoms with Crippen LogP contribution in [0.5, 0.6) is 0 Å². The van der Waals surface area contributed by atoms with E-state index in [2.05, 4.69) is 63.9 Å². The molecule has 0 radical (unpaired) electrons. The third-order valence-electron chi connectivity index (χ3n) is 3.92. The molecule has 2 nitrogen and oxygen atoms in total. The zero-order valence-corrected chi connectivity index (χ0v) is 13.1. The first-order chi connectivity index (χ1) is 8.95. The third kappa shape index (κ3) is 4.96. The number of nitrogens with zero attached hydrogens (tertiary/aromatic N) is 1. The van der Waals surface area contributed by atoms with Crippen LogP contribution in [0.3, 0.4) is 0 Å². The van der Waals surface area contributed by atoms with Gasteiger partial charge in [0.05, 0.1) is 6.61 Å². The smallest absolute Gasteiger partial charge is 0.0589 e. The van der Waals surface area contributed by atoms with Gasteiger partial charge in [0.1, 0.15) is 0 Å². The highest BCUT2D eigenvalue weighted by atomic mass is 16.3. The summed E-state index contributed by atoms with van der Waals surface area (Å²) in [4.78, 5) is 2.26. The van der Waals surface area contributed by atoms with Gasteiger partial charge in [0.25, 0.3) is 0 Å². The molecule has 0 amide bonds. The number of likely N-dealkylation sites (N-methyl/N-ethyl adjacent to an activating group) is 1. The molecule has 0 aliphatic carbocycles. The summed E-state index contributed by atoms with van der Waals surface area (Å²) >= 11 is 0. The zero-order chi connectivity index (χ0) is 14.4. The summed E-state index contributed by atoms with van der Waals surface area (Å²) in [5, 5.41) is 9.42. The number of benzene rings is 1. The maximum atomic E-state index is 9.42. The lowest BCUT2D eigenvalue weighted by Gasteiger charge is -2.29. The van der Waals surface area contributed by atoms with Crippen LogP contribution in [0.2, 0.25) is 0 Å². The minimum absolute atomic E-state index is 0.237. The molecule has 0 bridgehead atoms. The van der Waals surface area contributed by atoms with Crippen molar-refractivity contribution in [3.05, 3.63) is 35.4 Å². The monoisotopic (exact) mass is 263 g/mol. The first-order valence-corrected chi connectivity index (χ1v) is 7.35. The lowest BCUT2D eigenvalue weighted by molar-refractivity contribution is 0.114. The van der Waals surface area contributed by atoms with Crippen molar-refractivity contribution in [2.45, 2.75) is 46.1 Å². The second kappa shape index (κ2) is 7.66. The predicted octanol–water partition coefficient (Wildman–Crippen LogP) is 3.30. The molecule has 0 fully saturated rings. The molecule has 1 N–H and O–H groups in total. The van der Waals surface area contributed by atoms with Gasteiger partial charge in [-0.25, -0.2) is 0 Å². The topological polar surface area (TPSA) is 23.5 Å². The molecule has 0 heterocycles. The minimum Gasteiger partial charge on any atom is -0.395 e. The molecule has 0 spiro atoms. The highest BCUT2D eigenvalue weighted by Crippen LogP contribution is 2.15. The second-order valence-electron chi connectivity index (χ2n) is 6.12. The van der Waals surface area contributed by atoms with Gasteiger partial charge in [-0.2, -0.15) is 0 Å². The molecule has 0 aliphatic rings. The van der Waals surface area contributed by atoms with E-state index in [1.165, 1.54) is 11.1 Å². The fraction of sp³-hybridized carbons (Fsp3) is 0.647. The number of aliphatic hydroxyl groups is 1. The quantitative estimate of drug-likeness (QED) is 0.816. The molecule has 1 rings (SSSR count). The summed E-state index contributed by atoms with van der Waals surface area (Å²) in [7, 11) is 2.10. The molecule has 1 atom stereocenters. The lowest BCUT2D eigenvalue weighted by atomic mass is 10.00. The van der Waals surface area contributed by atoms with Crippen molar-refractivity contribution >= 4 is 0 Å². The fourth-order valence-electron chi connectivity index (χ4n) is 2.40. The number of hydrogen-bond acceptors (Lipinski definition) is 2. The SMILES string of the molecule is CC(C)c1ccc(CCN(C)C(CO)C(C)C)cc1. The first kappa shape index (κ1) is 16.2. The summed E-state index contributed by atoms with van der Waals surface area (Å²) in [5.41, 5.74) is 2.77. The summed E-state index contributed by atoms with van der Waals surface area (Å²) < 4.78 is 0. The van der Waals surface area contributed by atoms with E-state index in [0.717, 1.165) is 13.0 Å². The Hall–Kier alpha value is -0.860. The molecule has 0 aromatic heterocycles. The first-order valence-electron chi connectivity index (χ1n) is 7.35. The van der Waals surface area contributed by atoms with Crippen molar-refractivity contribution in [2.24, 2.45) is 5.92 Å². The van der Waals surface area contributed by atoms with Crippen LogP contribution < -0.4 is 0 Å². The average Bonchev–Trinajstić information content (AvgIpc) is 2.37. The van der Waals surface area contributed by atoms with E-state index >= 15 is 0 Å². The molecule has 1 unspecified atom stereocenters. The second-order valence-corrected chi connectivity index (χ2v) is 6.12. The van der Waals surface area contributed by atoms with E-state index in [1.807, 2.05) is 0 Å². The van der Waals surface area contributed by atoms with Crippen LogP contribution in [0.15, 0.2) is 24.3 Å². The van der Waals surface area contributed by atoms with Gasteiger partial charge < -0.3 is 10.0 Å². The maximum absolute atomic E-state index is 9.42. The van der Waals surface area contributed by atoms with E-state index in [9.17, 15) is 5.11 Å². The molecule has 1 aromatic rings. The highest BCUT2D eigenvalue weighted by molar-refractivity contribution is 5.24. The van der Waals surface area contributed by atoms with Gasteiger partial charge in [-0.15, -0.1) is 0 Å². The summed E-state index contributed by atoms with van der Waals surface area (Å²) in [5.74, 6) is 1.08. The largest absolute Gasteiger partial charge is 0.395 e. The minimum atomic E-state index is 0.237. The van der Waals surface area contributed by atoms with Crippen molar-refractivity contribution in [1.29, 1.82) is 0 Å². The van der Waals surface area contributed by atoms with Crippen molar-refractivity contribution in [3.63, 3.8) is 0 Å². The van der Waals surface area contributed by atoms with E-state index < -0.39 is 0 Å². The number of aliphatic hydroxyl groups excluding tert-OH is 1.